The highest BCUT2D eigenvalue weighted by Crippen LogP contribution is 2.29. The lowest BCUT2D eigenvalue weighted by Gasteiger charge is -2.31. The minimum absolute atomic E-state index is 0.193. The Morgan fingerprint density at radius 1 is 1.31 bits per heavy atom. The molecule has 0 aromatic heterocycles. The molecule has 0 saturated carbocycles. The van der Waals surface area contributed by atoms with Gasteiger partial charge in [-0.15, -0.1) is 0 Å². The van der Waals surface area contributed by atoms with E-state index >= 15 is 0 Å². The van der Waals surface area contributed by atoms with Crippen LogP contribution in [-0.4, -0.2) is 26.5 Å². The van der Waals surface area contributed by atoms with E-state index in [0.717, 1.165) is 23.7 Å². The number of anilines is 1. The van der Waals surface area contributed by atoms with Crippen LogP contribution in [0.1, 0.15) is 13.8 Å². The van der Waals surface area contributed by atoms with E-state index in [-0.39, 0.29) is 5.41 Å². The van der Waals surface area contributed by atoms with Gasteiger partial charge in [-0.2, -0.15) is 12.6 Å². The van der Waals surface area contributed by atoms with E-state index in [1.54, 1.807) is 7.11 Å². The lowest BCUT2D eigenvalue weighted by molar-refractivity contribution is 0.405. The molecule has 2 nitrogen and oxygen atoms in total. The van der Waals surface area contributed by atoms with E-state index in [9.17, 15) is 0 Å². The Bertz CT molecular complexity index is 338. The number of benzene rings is 1. The summed E-state index contributed by atoms with van der Waals surface area (Å²) in [5, 5.41) is 0. The minimum atomic E-state index is 0.193. The van der Waals surface area contributed by atoms with Gasteiger partial charge in [0.1, 0.15) is 5.75 Å². The number of methoxy groups -OCH3 is 1. The first kappa shape index (κ1) is 13.2. The van der Waals surface area contributed by atoms with Crippen molar-refractivity contribution in [1.29, 1.82) is 0 Å². The third-order valence-corrected chi connectivity index (χ3v) is 3.45. The van der Waals surface area contributed by atoms with Crippen molar-refractivity contribution in [3.05, 3.63) is 24.3 Å². The molecule has 0 aliphatic rings. The quantitative estimate of drug-likeness (QED) is 0.793. The van der Waals surface area contributed by atoms with Gasteiger partial charge in [-0.1, -0.05) is 26.0 Å². The maximum Gasteiger partial charge on any atom is 0.142 e. The Morgan fingerprint density at radius 2 is 1.94 bits per heavy atom. The molecule has 1 aromatic rings. The van der Waals surface area contributed by atoms with Crippen molar-refractivity contribution in [3.63, 3.8) is 0 Å². The fraction of sp³-hybridized carbons (Fsp3) is 0.538. The third-order valence-electron chi connectivity index (χ3n) is 2.59. The fourth-order valence-corrected chi connectivity index (χ4v) is 1.82. The number of hydrogen-bond donors (Lipinski definition) is 1. The summed E-state index contributed by atoms with van der Waals surface area (Å²) in [6.07, 6.45) is 0. The summed E-state index contributed by atoms with van der Waals surface area (Å²) in [4.78, 5) is 2.22. The average Bonchev–Trinajstić information content (AvgIpc) is 2.28. The Kier molecular flexibility index (Phi) is 4.54. The summed E-state index contributed by atoms with van der Waals surface area (Å²) in [5.74, 6) is 1.78. The van der Waals surface area contributed by atoms with Crippen LogP contribution in [0, 0.1) is 5.41 Å². The molecule has 1 rings (SSSR count). The number of nitrogens with zero attached hydrogens (tertiary/aromatic N) is 1. The molecule has 0 atom stereocenters. The van der Waals surface area contributed by atoms with E-state index in [1.807, 2.05) is 18.2 Å². The number of rotatable bonds is 5. The molecule has 0 aliphatic carbocycles. The second-order valence-corrected chi connectivity index (χ2v) is 5.17. The fourth-order valence-electron chi connectivity index (χ4n) is 1.72. The Labute approximate surface area is 104 Å². The molecule has 1 aromatic carbocycles. The Hall–Kier alpha value is -0.830. The van der Waals surface area contributed by atoms with Crippen LogP contribution in [0.15, 0.2) is 24.3 Å². The SMILES string of the molecule is COc1ccccc1N(C)CC(C)(C)CS. The number of thiol groups is 1. The molecule has 0 amide bonds. The molecule has 0 heterocycles. The maximum absolute atomic E-state index is 5.35. The molecule has 3 heteroatoms. The topological polar surface area (TPSA) is 12.5 Å². The summed E-state index contributed by atoms with van der Waals surface area (Å²) in [5.41, 5.74) is 1.32. The van der Waals surface area contributed by atoms with Crippen LogP contribution in [0.3, 0.4) is 0 Å². The van der Waals surface area contributed by atoms with Crippen LogP contribution in [0.25, 0.3) is 0 Å². The van der Waals surface area contributed by atoms with Gasteiger partial charge in [0.2, 0.25) is 0 Å². The van der Waals surface area contributed by atoms with Gasteiger partial charge in [-0.25, -0.2) is 0 Å². The van der Waals surface area contributed by atoms with Gasteiger partial charge in [-0.05, 0) is 23.3 Å². The largest absolute Gasteiger partial charge is 0.495 e. The number of para-hydroxylation sites is 2. The maximum atomic E-state index is 5.35. The van der Waals surface area contributed by atoms with Gasteiger partial charge in [0.25, 0.3) is 0 Å². The van der Waals surface area contributed by atoms with Crippen LogP contribution in [0.5, 0.6) is 5.75 Å². The molecule has 0 unspecified atom stereocenters. The van der Waals surface area contributed by atoms with Crippen molar-refractivity contribution in [3.8, 4) is 5.75 Å². The molecular weight excluding hydrogens is 218 g/mol. The second-order valence-electron chi connectivity index (χ2n) is 4.85. The predicted molar refractivity (Wildman–Crippen MR) is 73.9 cm³/mol. The zero-order chi connectivity index (χ0) is 12.2. The van der Waals surface area contributed by atoms with Crippen LogP contribution >= 0.6 is 12.6 Å². The normalized spacial score (nSPS) is 11.3. The lowest BCUT2D eigenvalue weighted by Crippen LogP contribution is -2.32. The molecular formula is C13H21NOS. The first-order valence-corrected chi connectivity index (χ1v) is 6.08. The van der Waals surface area contributed by atoms with E-state index < -0.39 is 0 Å². The van der Waals surface area contributed by atoms with Crippen LogP contribution < -0.4 is 9.64 Å². The summed E-state index contributed by atoms with van der Waals surface area (Å²) in [6.45, 7) is 5.38. The van der Waals surface area contributed by atoms with Gasteiger partial charge in [-0.3, -0.25) is 0 Å². The predicted octanol–water partition coefficient (Wildman–Crippen LogP) is 3.09. The summed E-state index contributed by atoms with van der Waals surface area (Å²) < 4.78 is 5.35. The van der Waals surface area contributed by atoms with Crippen molar-refractivity contribution >= 4 is 18.3 Å². The van der Waals surface area contributed by atoms with E-state index in [2.05, 4.69) is 44.5 Å². The molecule has 0 N–H and O–H groups in total. The van der Waals surface area contributed by atoms with Gasteiger partial charge in [0.15, 0.2) is 0 Å². The Morgan fingerprint density at radius 3 is 2.50 bits per heavy atom. The van der Waals surface area contributed by atoms with Gasteiger partial charge in [0, 0.05) is 13.6 Å². The molecule has 0 fully saturated rings. The van der Waals surface area contributed by atoms with Crippen LogP contribution in [0.4, 0.5) is 5.69 Å². The highest BCUT2D eigenvalue weighted by Gasteiger charge is 2.19. The first-order valence-electron chi connectivity index (χ1n) is 5.45. The smallest absolute Gasteiger partial charge is 0.142 e. The van der Waals surface area contributed by atoms with Crippen molar-refractivity contribution in [2.75, 3.05) is 31.4 Å². The molecule has 0 spiro atoms. The van der Waals surface area contributed by atoms with Gasteiger partial charge < -0.3 is 9.64 Å². The summed E-state index contributed by atoms with van der Waals surface area (Å²) in [7, 11) is 3.79. The summed E-state index contributed by atoms with van der Waals surface area (Å²) >= 11 is 4.38. The summed E-state index contributed by atoms with van der Waals surface area (Å²) in [6, 6.07) is 8.08. The highest BCUT2D eigenvalue weighted by atomic mass is 32.1. The molecule has 0 aliphatic heterocycles. The van der Waals surface area contributed by atoms with E-state index in [4.69, 9.17) is 4.74 Å². The molecule has 16 heavy (non-hydrogen) atoms. The number of hydrogen-bond acceptors (Lipinski definition) is 3. The molecule has 90 valence electrons. The zero-order valence-electron chi connectivity index (χ0n) is 10.5. The van der Waals surface area contributed by atoms with Crippen molar-refractivity contribution < 1.29 is 4.74 Å². The number of ether oxygens (including phenoxy) is 1. The standard InChI is InChI=1S/C13H21NOS/c1-13(2,10-16)9-14(3)11-7-5-6-8-12(11)15-4/h5-8,16H,9-10H2,1-4H3. The zero-order valence-corrected chi connectivity index (χ0v) is 11.4. The lowest BCUT2D eigenvalue weighted by atomic mass is 9.95. The van der Waals surface area contributed by atoms with Crippen molar-refractivity contribution in [2.45, 2.75) is 13.8 Å². The van der Waals surface area contributed by atoms with Crippen LogP contribution in [0.2, 0.25) is 0 Å². The van der Waals surface area contributed by atoms with E-state index in [1.165, 1.54) is 0 Å². The average molecular weight is 239 g/mol. The molecule has 0 bridgehead atoms. The van der Waals surface area contributed by atoms with Gasteiger partial charge >= 0.3 is 0 Å². The van der Waals surface area contributed by atoms with Crippen molar-refractivity contribution in [1.82, 2.24) is 0 Å². The van der Waals surface area contributed by atoms with Crippen molar-refractivity contribution in [2.24, 2.45) is 5.41 Å². The van der Waals surface area contributed by atoms with Crippen LogP contribution in [-0.2, 0) is 0 Å². The molecule has 0 radical (unpaired) electrons. The highest BCUT2D eigenvalue weighted by molar-refractivity contribution is 7.80. The molecule has 0 saturated heterocycles. The monoisotopic (exact) mass is 239 g/mol. The minimum Gasteiger partial charge on any atom is -0.495 e. The van der Waals surface area contributed by atoms with E-state index in [0.29, 0.717) is 0 Å². The van der Waals surface area contributed by atoms with Gasteiger partial charge in [0.05, 0.1) is 12.8 Å². The first-order chi connectivity index (χ1) is 7.50. The second kappa shape index (κ2) is 5.48. The third kappa shape index (κ3) is 3.34. The Balaban J connectivity index is 2.84.